The van der Waals surface area contributed by atoms with E-state index in [1.807, 2.05) is 43.5 Å². The third-order valence-electron chi connectivity index (χ3n) is 3.53. The summed E-state index contributed by atoms with van der Waals surface area (Å²) in [7, 11) is 1.90. The van der Waals surface area contributed by atoms with Crippen LogP contribution in [-0.4, -0.2) is 0 Å². The molecule has 0 saturated carbocycles. The second-order valence-corrected chi connectivity index (χ2v) is 5.71. The van der Waals surface area contributed by atoms with E-state index in [0.717, 1.165) is 22.0 Å². The molecule has 0 bridgehead atoms. The molecule has 1 aromatic heterocycles. The van der Waals surface area contributed by atoms with Crippen LogP contribution in [0.4, 0.5) is 0 Å². The van der Waals surface area contributed by atoms with Crippen molar-refractivity contribution < 1.29 is 9.26 Å². The summed E-state index contributed by atoms with van der Waals surface area (Å²) in [5.74, 6) is 0.822. The van der Waals surface area contributed by atoms with Crippen molar-refractivity contribution in [1.29, 1.82) is 0 Å². The van der Waals surface area contributed by atoms with Gasteiger partial charge < -0.3 is 0 Å². The molecule has 0 aliphatic heterocycles. The molecule has 3 aromatic rings. The van der Waals surface area contributed by atoms with E-state index in [9.17, 15) is 0 Å². The molecule has 0 unspecified atom stereocenters. The zero-order valence-corrected chi connectivity index (χ0v) is 13.3. The van der Waals surface area contributed by atoms with Gasteiger partial charge in [0.1, 0.15) is 0 Å². The van der Waals surface area contributed by atoms with Crippen LogP contribution in [-0.2, 0) is 7.05 Å². The highest BCUT2D eigenvalue weighted by Gasteiger charge is 2.14. The first-order valence-corrected chi connectivity index (χ1v) is 7.51. The topological polar surface area (TPSA) is 17.0 Å². The lowest BCUT2D eigenvalue weighted by molar-refractivity contribution is -0.844. The summed E-state index contributed by atoms with van der Waals surface area (Å²) in [6.45, 7) is 2.09. The molecule has 3 rings (SSSR count). The molecule has 0 N–H and O–H groups in total. The van der Waals surface area contributed by atoms with Gasteiger partial charge >= 0.3 is 0 Å². The van der Waals surface area contributed by atoms with Gasteiger partial charge in [0.2, 0.25) is 5.76 Å². The molecule has 2 nitrogen and oxygen atoms in total. The van der Waals surface area contributed by atoms with E-state index in [0.29, 0.717) is 0 Å². The van der Waals surface area contributed by atoms with E-state index in [1.165, 1.54) is 11.1 Å². The van der Waals surface area contributed by atoms with Gasteiger partial charge in [0.05, 0.1) is 6.07 Å². The average molecular weight is 311 g/mol. The Morgan fingerprint density at radius 2 is 1.64 bits per heavy atom. The first-order chi connectivity index (χ1) is 10.6. The quantitative estimate of drug-likeness (QED) is 0.629. The Balaban J connectivity index is 1.86. The Kier molecular flexibility index (Phi) is 4.12. The van der Waals surface area contributed by atoms with Crippen molar-refractivity contribution in [3.8, 4) is 11.3 Å². The minimum Gasteiger partial charge on any atom is -0.236 e. The number of hydrogen-bond donors (Lipinski definition) is 0. The second kappa shape index (κ2) is 6.20. The second-order valence-electron chi connectivity index (χ2n) is 5.27. The summed E-state index contributed by atoms with van der Waals surface area (Å²) in [4.78, 5) is 0. The van der Waals surface area contributed by atoms with E-state index in [1.54, 1.807) is 4.74 Å². The standard InChI is InChI=1S/C19H17ClNO/c1-14-3-5-15(6-4-14)7-12-18-13-19(22-21(18)2)16-8-10-17(20)11-9-16/h3-13H,1-2H3/q+1/b12-7+. The van der Waals surface area contributed by atoms with E-state index < -0.39 is 0 Å². The molecule has 22 heavy (non-hydrogen) atoms. The summed E-state index contributed by atoms with van der Waals surface area (Å²) in [6.07, 6.45) is 4.13. The fourth-order valence-corrected chi connectivity index (χ4v) is 2.34. The van der Waals surface area contributed by atoms with Crippen LogP contribution in [0.1, 0.15) is 16.8 Å². The van der Waals surface area contributed by atoms with Crippen molar-refractivity contribution in [2.75, 3.05) is 0 Å². The van der Waals surface area contributed by atoms with Gasteiger partial charge in [-0.25, -0.2) is 4.52 Å². The number of hydrogen-bond acceptors (Lipinski definition) is 1. The van der Waals surface area contributed by atoms with Crippen molar-refractivity contribution >= 4 is 23.8 Å². The molecule has 110 valence electrons. The fraction of sp³-hybridized carbons (Fsp3) is 0.105. The van der Waals surface area contributed by atoms with Crippen molar-refractivity contribution in [1.82, 2.24) is 0 Å². The van der Waals surface area contributed by atoms with Gasteiger partial charge in [-0.1, -0.05) is 41.4 Å². The third kappa shape index (κ3) is 3.29. The lowest BCUT2D eigenvalue weighted by atomic mass is 10.1. The first kappa shape index (κ1) is 14.6. The van der Waals surface area contributed by atoms with Crippen molar-refractivity contribution in [2.45, 2.75) is 6.92 Å². The lowest BCUT2D eigenvalue weighted by Crippen LogP contribution is -2.27. The fourth-order valence-electron chi connectivity index (χ4n) is 2.21. The van der Waals surface area contributed by atoms with Crippen LogP contribution >= 0.6 is 11.6 Å². The lowest BCUT2D eigenvalue weighted by Gasteiger charge is -1.93. The highest BCUT2D eigenvalue weighted by atomic mass is 35.5. The monoisotopic (exact) mass is 310 g/mol. The molecule has 0 saturated heterocycles. The Hall–Kier alpha value is -2.32. The number of rotatable bonds is 3. The maximum atomic E-state index is 5.92. The summed E-state index contributed by atoms with van der Waals surface area (Å²) < 4.78 is 7.53. The van der Waals surface area contributed by atoms with Crippen molar-refractivity contribution in [3.63, 3.8) is 0 Å². The molecule has 0 atom stereocenters. The number of aryl methyl sites for hydroxylation is 2. The minimum absolute atomic E-state index is 0.721. The zero-order valence-electron chi connectivity index (χ0n) is 12.6. The normalized spacial score (nSPS) is 11.2. The van der Waals surface area contributed by atoms with Gasteiger partial charge in [0, 0.05) is 16.7 Å². The molecule has 0 radical (unpaired) electrons. The molecule has 2 aromatic carbocycles. The van der Waals surface area contributed by atoms with E-state index in [4.69, 9.17) is 16.1 Å². The van der Waals surface area contributed by atoms with Crippen LogP contribution in [0, 0.1) is 6.92 Å². The Morgan fingerprint density at radius 1 is 0.955 bits per heavy atom. The smallest absolute Gasteiger partial charge is 0.236 e. The maximum absolute atomic E-state index is 5.92. The van der Waals surface area contributed by atoms with Gasteiger partial charge in [-0.15, -0.1) is 0 Å². The van der Waals surface area contributed by atoms with E-state index in [-0.39, 0.29) is 0 Å². The Bertz CT molecular complexity index is 798. The summed E-state index contributed by atoms with van der Waals surface area (Å²) in [5.41, 5.74) is 4.44. The summed E-state index contributed by atoms with van der Waals surface area (Å²) in [6, 6.07) is 18.1. The SMILES string of the molecule is Cc1ccc(/C=C/c2cc(-c3ccc(Cl)cc3)o[n+]2C)cc1. The Labute approximate surface area is 135 Å². The summed E-state index contributed by atoms with van der Waals surface area (Å²) >= 11 is 5.92. The molecule has 0 fully saturated rings. The third-order valence-corrected chi connectivity index (χ3v) is 3.78. The first-order valence-electron chi connectivity index (χ1n) is 7.13. The molecular formula is C19H17ClNO+. The number of aromatic nitrogens is 1. The number of halogens is 1. The molecule has 0 spiro atoms. The molecule has 3 heteroatoms. The van der Waals surface area contributed by atoms with Gasteiger partial charge in [-0.2, -0.15) is 0 Å². The number of nitrogens with zero attached hydrogens (tertiary/aromatic N) is 1. The van der Waals surface area contributed by atoms with Crippen LogP contribution in [0.5, 0.6) is 0 Å². The van der Waals surface area contributed by atoms with Crippen LogP contribution < -0.4 is 4.74 Å². The van der Waals surface area contributed by atoms with Crippen LogP contribution in [0.15, 0.2) is 59.1 Å². The molecule has 0 aliphatic rings. The van der Waals surface area contributed by atoms with Crippen LogP contribution in [0.3, 0.4) is 0 Å². The molecule has 1 heterocycles. The number of benzene rings is 2. The molecule has 0 aliphatic carbocycles. The van der Waals surface area contributed by atoms with Gasteiger partial charge in [0.15, 0.2) is 7.05 Å². The van der Waals surface area contributed by atoms with Gasteiger partial charge in [-0.05, 0) is 47.6 Å². The Morgan fingerprint density at radius 3 is 2.32 bits per heavy atom. The van der Waals surface area contributed by atoms with Gasteiger partial charge in [0.25, 0.3) is 5.69 Å². The maximum Gasteiger partial charge on any atom is 0.255 e. The van der Waals surface area contributed by atoms with E-state index >= 15 is 0 Å². The largest absolute Gasteiger partial charge is 0.255 e. The summed E-state index contributed by atoms with van der Waals surface area (Å²) in [5, 5.41) is 0.721. The predicted octanol–water partition coefficient (Wildman–Crippen LogP) is 4.90. The highest BCUT2D eigenvalue weighted by Crippen LogP contribution is 2.22. The van der Waals surface area contributed by atoms with E-state index in [2.05, 4.69) is 37.3 Å². The average Bonchev–Trinajstić information content (AvgIpc) is 2.88. The van der Waals surface area contributed by atoms with Crippen molar-refractivity contribution in [3.05, 3.63) is 76.4 Å². The highest BCUT2D eigenvalue weighted by molar-refractivity contribution is 6.30. The van der Waals surface area contributed by atoms with Crippen LogP contribution in [0.2, 0.25) is 5.02 Å². The molecular weight excluding hydrogens is 294 g/mol. The van der Waals surface area contributed by atoms with Crippen LogP contribution in [0.25, 0.3) is 23.5 Å². The zero-order chi connectivity index (χ0) is 15.5. The van der Waals surface area contributed by atoms with Gasteiger partial charge in [-0.3, -0.25) is 0 Å². The molecule has 0 amide bonds. The predicted molar refractivity (Wildman–Crippen MR) is 90.4 cm³/mol. The minimum atomic E-state index is 0.721. The van der Waals surface area contributed by atoms with Crippen molar-refractivity contribution in [2.24, 2.45) is 7.05 Å².